The molecule has 1 rings (SSSR count). The SMILES string of the molecule is CN(CCC(=O)N(C)CCC(N)=S)CCc1ccncc1. The van der Waals surface area contributed by atoms with Gasteiger partial charge in [-0.05, 0) is 31.2 Å². The second-order valence-electron chi connectivity index (χ2n) is 5.19. The molecule has 0 atom stereocenters. The maximum absolute atomic E-state index is 11.9. The van der Waals surface area contributed by atoms with E-state index >= 15 is 0 Å². The minimum Gasteiger partial charge on any atom is -0.393 e. The number of rotatable bonds is 9. The maximum Gasteiger partial charge on any atom is 0.223 e. The molecular weight excluding hydrogens is 284 g/mol. The van der Waals surface area contributed by atoms with Crippen LogP contribution in [0.25, 0.3) is 0 Å². The van der Waals surface area contributed by atoms with Gasteiger partial charge in [-0.1, -0.05) is 12.2 Å². The van der Waals surface area contributed by atoms with Crippen molar-refractivity contribution in [3.05, 3.63) is 30.1 Å². The zero-order valence-corrected chi connectivity index (χ0v) is 13.6. The molecule has 0 aromatic carbocycles. The van der Waals surface area contributed by atoms with Crippen molar-refractivity contribution in [2.45, 2.75) is 19.3 Å². The van der Waals surface area contributed by atoms with E-state index in [1.807, 2.05) is 19.2 Å². The summed E-state index contributed by atoms with van der Waals surface area (Å²) in [6.07, 6.45) is 5.66. The van der Waals surface area contributed by atoms with Crippen molar-refractivity contribution in [2.75, 3.05) is 33.7 Å². The van der Waals surface area contributed by atoms with Crippen molar-refractivity contribution in [1.82, 2.24) is 14.8 Å². The summed E-state index contributed by atoms with van der Waals surface area (Å²) in [6, 6.07) is 4.03. The van der Waals surface area contributed by atoms with E-state index in [0.717, 1.165) is 19.5 Å². The lowest BCUT2D eigenvalue weighted by atomic mass is 10.2. The van der Waals surface area contributed by atoms with E-state index in [2.05, 4.69) is 9.88 Å². The van der Waals surface area contributed by atoms with Crippen LogP contribution in [0.2, 0.25) is 0 Å². The molecule has 1 aromatic heterocycles. The van der Waals surface area contributed by atoms with Crippen LogP contribution in [-0.4, -0.2) is 59.4 Å². The smallest absolute Gasteiger partial charge is 0.223 e. The van der Waals surface area contributed by atoms with Crippen LogP contribution >= 0.6 is 12.2 Å². The van der Waals surface area contributed by atoms with Gasteiger partial charge < -0.3 is 15.5 Å². The van der Waals surface area contributed by atoms with Gasteiger partial charge >= 0.3 is 0 Å². The van der Waals surface area contributed by atoms with Crippen molar-refractivity contribution in [1.29, 1.82) is 0 Å². The summed E-state index contributed by atoms with van der Waals surface area (Å²) in [4.78, 5) is 20.2. The van der Waals surface area contributed by atoms with Crippen molar-refractivity contribution < 1.29 is 4.79 Å². The van der Waals surface area contributed by atoms with E-state index in [-0.39, 0.29) is 5.91 Å². The lowest BCUT2D eigenvalue weighted by Crippen LogP contribution is -2.33. The molecule has 0 aliphatic rings. The first-order valence-electron chi connectivity index (χ1n) is 7.08. The largest absolute Gasteiger partial charge is 0.393 e. The number of carbonyl (C=O) groups is 1. The summed E-state index contributed by atoms with van der Waals surface area (Å²) in [6.45, 7) is 2.27. The summed E-state index contributed by atoms with van der Waals surface area (Å²) in [5.41, 5.74) is 6.70. The highest BCUT2D eigenvalue weighted by Gasteiger charge is 2.10. The predicted octanol–water partition coefficient (Wildman–Crippen LogP) is 1.08. The summed E-state index contributed by atoms with van der Waals surface area (Å²) < 4.78 is 0. The van der Waals surface area contributed by atoms with Crippen molar-refractivity contribution in [3.8, 4) is 0 Å². The van der Waals surface area contributed by atoms with Gasteiger partial charge in [0.15, 0.2) is 0 Å². The molecule has 0 aliphatic carbocycles. The second kappa shape index (κ2) is 9.41. The molecule has 0 fully saturated rings. The summed E-state index contributed by atoms with van der Waals surface area (Å²) in [7, 11) is 3.82. The fraction of sp³-hybridized carbons (Fsp3) is 0.533. The second-order valence-corrected chi connectivity index (χ2v) is 5.71. The van der Waals surface area contributed by atoms with Gasteiger partial charge in [0.25, 0.3) is 0 Å². The van der Waals surface area contributed by atoms with Gasteiger partial charge in [-0.3, -0.25) is 9.78 Å². The normalized spacial score (nSPS) is 10.6. The molecule has 0 aliphatic heterocycles. The third-order valence-electron chi connectivity index (χ3n) is 3.36. The molecule has 0 radical (unpaired) electrons. The van der Waals surface area contributed by atoms with Gasteiger partial charge in [0, 0.05) is 51.9 Å². The zero-order valence-electron chi connectivity index (χ0n) is 12.8. The number of nitrogens with zero attached hydrogens (tertiary/aromatic N) is 3. The van der Waals surface area contributed by atoms with Gasteiger partial charge in [-0.25, -0.2) is 0 Å². The van der Waals surface area contributed by atoms with Crippen LogP contribution in [0.5, 0.6) is 0 Å². The predicted molar refractivity (Wildman–Crippen MR) is 89.1 cm³/mol. The standard InChI is InChI=1S/C15H24N4OS/c1-18(10-5-13-3-8-17-9-4-13)11-7-15(20)19(2)12-6-14(16)21/h3-4,8-9H,5-7,10-12H2,1-2H3,(H2,16,21). The van der Waals surface area contributed by atoms with Gasteiger partial charge in [0.1, 0.15) is 0 Å². The number of amides is 1. The van der Waals surface area contributed by atoms with E-state index < -0.39 is 0 Å². The van der Waals surface area contributed by atoms with Crippen LogP contribution in [0.15, 0.2) is 24.5 Å². The Morgan fingerprint density at radius 2 is 1.86 bits per heavy atom. The van der Waals surface area contributed by atoms with Crippen LogP contribution in [0.3, 0.4) is 0 Å². The number of carbonyl (C=O) groups excluding carboxylic acids is 1. The van der Waals surface area contributed by atoms with Crippen LogP contribution in [0.1, 0.15) is 18.4 Å². The Bertz CT molecular complexity index is 452. The third-order valence-corrected chi connectivity index (χ3v) is 3.56. The van der Waals surface area contributed by atoms with E-state index in [1.165, 1.54) is 5.56 Å². The number of pyridine rings is 1. The van der Waals surface area contributed by atoms with E-state index in [9.17, 15) is 4.79 Å². The molecule has 0 saturated carbocycles. The first-order valence-corrected chi connectivity index (χ1v) is 7.49. The fourth-order valence-corrected chi connectivity index (χ4v) is 1.95. The quantitative estimate of drug-likeness (QED) is 0.692. The topological polar surface area (TPSA) is 62.5 Å². The van der Waals surface area contributed by atoms with Crippen molar-refractivity contribution in [3.63, 3.8) is 0 Å². The molecule has 116 valence electrons. The van der Waals surface area contributed by atoms with Gasteiger partial charge in [-0.15, -0.1) is 0 Å². The Labute approximate surface area is 132 Å². The van der Waals surface area contributed by atoms with Crippen LogP contribution in [-0.2, 0) is 11.2 Å². The number of likely N-dealkylation sites (N-methyl/N-ethyl adjacent to an activating group) is 1. The monoisotopic (exact) mass is 308 g/mol. The first-order chi connectivity index (χ1) is 9.99. The van der Waals surface area contributed by atoms with Crippen LogP contribution in [0.4, 0.5) is 0 Å². The Hall–Kier alpha value is -1.53. The summed E-state index contributed by atoms with van der Waals surface area (Å²) >= 11 is 4.81. The lowest BCUT2D eigenvalue weighted by molar-refractivity contribution is -0.130. The molecule has 0 saturated heterocycles. The Morgan fingerprint density at radius 1 is 1.19 bits per heavy atom. The number of hydrogen-bond donors (Lipinski definition) is 1. The first kappa shape index (κ1) is 17.5. The van der Waals surface area contributed by atoms with E-state index in [0.29, 0.717) is 24.4 Å². The molecule has 0 unspecified atom stereocenters. The van der Waals surface area contributed by atoms with Crippen molar-refractivity contribution in [2.24, 2.45) is 5.73 Å². The molecular formula is C15H24N4OS. The minimum absolute atomic E-state index is 0.127. The molecule has 0 spiro atoms. The number of thiocarbonyl (C=S) groups is 1. The number of hydrogen-bond acceptors (Lipinski definition) is 4. The van der Waals surface area contributed by atoms with Gasteiger partial charge in [-0.2, -0.15) is 0 Å². The maximum atomic E-state index is 11.9. The molecule has 5 nitrogen and oxygen atoms in total. The fourth-order valence-electron chi connectivity index (χ4n) is 1.86. The minimum atomic E-state index is 0.127. The van der Waals surface area contributed by atoms with Gasteiger partial charge in [0.05, 0.1) is 4.99 Å². The van der Waals surface area contributed by atoms with Crippen LogP contribution < -0.4 is 5.73 Å². The molecule has 0 bridgehead atoms. The Morgan fingerprint density at radius 3 is 2.48 bits per heavy atom. The van der Waals surface area contributed by atoms with Gasteiger partial charge in [0.2, 0.25) is 5.91 Å². The molecule has 1 aromatic rings. The zero-order chi connectivity index (χ0) is 15.7. The Balaban J connectivity index is 2.21. The van der Waals surface area contributed by atoms with Crippen molar-refractivity contribution >= 4 is 23.1 Å². The summed E-state index contributed by atoms with van der Waals surface area (Å²) in [5.74, 6) is 0.127. The van der Waals surface area contributed by atoms with E-state index in [4.69, 9.17) is 18.0 Å². The number of nitrogens with two attached hydrogens (primary N) is 1. The molecule has 21 heavy (non-hydrogen) atoms. The van der Waals surface area contributed by atoms with Crippen LogP contribution in [0, 0.1) is 0 Å². The average Bonchev–Trinajstić information content (AvgIpc) is 2.49. The lowest BCUT2D eigenvalue weighted by Gasteiger charge is -2.20. The highest BCUT2D eigenvalue weighted by atomic mass is 32.1. The molecule has 6 heteroatoms. The third kappa shape index (κ3) is 7.72. The van der Waals surface area contributed by atoms with E-state index in [1.54, 1.807) is 24.3 Å². The highest BCUT2D eigenvalue weighted by Crippen LogP contribution is 2.00. The summed E-state index contributed by atoms with van der Waals surface area (Å²) in [5, 5.41) is 0. The number of aromatic nitrogens is 1. The Kier molecular flexibility index (Phi) is 7.85. The molecule has 1 amide bonds. The highest BCUT2D eigenvalue weighted by molar-refractivity contribution is 7.80. The average molecular weight is 308 g/mol. The molecule has 1 heterocycles. The molecule has 2 N–H and O–H groups in total.